The van der Waals surface area contributed by atoms with E-state index in [9.17, 15) is 34.8 Å². The Kier molecular flexibility index (Phi) is 14.8. The van der Waals surface area contributed by atoms with Crippen LogP contribution in [0.3, 0.4) is 0 Å². The monoisotopic (exact) mass is 720 g/mol. The molecule has 10 atom stereocenters. The summed E-state index contributed by atoms with van der Waals surface area (Å²) in [5, 5.41) is 40.9. The van der Waals surface area contributed by atoms with Crippen LogP contribution in [0.1, 0.15) is 121 Å². The molecule has 0 aromatic rings. The van der Waals surface area contributed by atoms with Crippen LogP contribution in [0.5, 0.6) is 0 Å². The minimum atomic E-state index is -1.55. The number of carbonyl (C=O) groups is 3. The van der Waals surface area contributed by atoms with E-state index in [0.29, 0.717) is 38.5 Å². The molecular formula is C40H64O11. The Labute approximate surface area is 304 Å². The predicted molar refractivity (Wildman–Crippen MR) is 192 cm³/mol. The Morgan fingerprint density at radius 1 is 0.961 bits per heavy atom. The molecule has 2 aliphatic carbocycles. The predicted octanol–water partition coefficient (Wildman–Crippen LogP) is 5.27. The van der Waals surface area contributed by atoms with Crippen LogP contribution >= 0.6 is 0 Å². The Hall–Kier alpha value is -2.41. The minimum Gasteiger partial charge on any atom is -0.459 e. The molecule has 290 valence electrons. The summed E-state index contributed by atoms with van der Waals surface area (Å²) in [4.78, 5) is 36.9. The number of Topliss-reactive ketones (excluding diaryl/α,β-unsaturated/α-hetero) is 1. The fourth-order valence-corrected chi connectivity index (χ4v) is 8.63. The third-order valence-electron chi connectivity index (χ3n) is 11.8. The maximum Gasteiger partial charge on any atom is 0.303 e. The zero-order valence-electron chi connectivity index (χ0n) is 32.4. The maximum atomic E-state index is 12.6. The van der Waals surface area contributed by atoms with Gasteiger partial charge >= 0.3 is 11.9 Å². The fraction of sp³-hybridized carbons (Fsp3) is 0.775. The first-order chi connectivity index (χ1) is 23.6. The number of aliphatic hydroxyl groups is 4. The number of hydrogen-bond acceptors (Lipinski definition) is 11. The molecule has 11 heteroatoms. The van der Waals surface area contributed by atoms with Gasteiger partial charge in [0.25, 0.3) is 0 Å². The molecule has 11 nitrogen and oxygen atoms in total. The molecule has 51 heavy (non-hydrogen) atoms. The minimum absolute atomic E-state index is 0.167. The lowest BCUT2D eigenvalue weighted by atomic mass is 9.58. The van der Waals surface area contributed by atoms with E-state index in [1.165, 1.54) is 19.4 Å². The van der Waals surface area contributed by atoms with Crippen LogP contribution in [0.4, 0.5) is 0 Å². The summed E-state index contributed by atoms with van der Waals surface area (Å²) in [6.07, 6.45) is 3.21. The van der Waals surface area contributed by atoms with Crippen molar-refractivity contribution in [2.45, 2.75) is 169 Å². The normalized spacial score (nSPS) is 34.8. The number of ketones is 1. The van der Waals surface area contributed by atoms with Gasteiger partial charge in [0.2, 0.25) is 0 Å². The number of hydrogen-bond donors (Lipinski definition) is 4. The molecule has 0 unspecified atom stereocenters. The zero-order chi connectivity index (χ0) is 38.5. The molecule has 0 aromatic carbocycles. The molecule has 0 bridgehead atoms. The molecule has 3 aliphatic rings. The average Bonchev–Trinajstić information content (AvgIpc) is 3.02. The second kappa shape index (κ2) is 17.6. The number of esters is 2. The van der Waals surface area contributed by atoms with E-state index in [-0.39, 0.29) is 29.6 Å². The lowest BCUT2D eigenvalue weighted by molar-refractivity contribution is -0.327. The van der Waals surface area contributed by atoms with Gasteiger partial charge in [-0.05, 0) is 83.6 Å². The van der Waals surface area contributed by atoms with Crippen molar-refractivity contribution in [3.8, 4) is 0 Å². The van der Waals surface area contributed by atoms with Crippen molar-refractivity contribution >= 4 is 17.7 Å². The van der Waals surface area contributed by atoms with Gasteiger partial charge < -0.3 is 39.4 Å². The van der Waals surface area contributed by atoms with Gasteiger partial charge in [0.1, 0.15) is 41.9 Å². The Morgan fingerprint density at radius 3 is 2.22 bits per heavy atom. The van der Waals surface area contributed by atoms with E-state index < -0.39 is 66.0 Å². The van der Waals surface area contributed by atoms with E-state index in [0.717, 1.165) is 24.0 Å². The Bertz CT molecular complexity index is 1330. The zero-order valence-corrected chi connectivity index (χ0v) is 32.4. The van der Waals surface area contributed by atoms with Gasteiger partial charge in [-0.2, -0.15) is 0 Å². The molecule has 4 N–H and O–H groups in total. The second-order valence-electron chi connectivity index (χ2n) is 16.5. The summed E-state index contributed by atoms with van der Waals surface area (Å²) in [5.41, 5.74) is 1.64. The Balaban J connectivity index is 1.73. The Morgan fingerprint density at radius 2 is 1.61 bits per heavy atom. The van der Waals surface area contributed by atoms with Crippen molar-refractivity contribution in [2.24, 2.45) is 22.7 Å². The van der Waals surface area contributed by atoms with Crippen LogP contribution < -0.4 is 0 Å². The standard InChI is InChI=1S/C40H64O11/c1-23(11-15-28(48-26(4)42)21-24(2)12-16-29-25(3)14-18-32(44)38(29,6)7)13-17-31-39(8,9)33(19-20-40(31,10)51-27(5)43)50-37-36(47)35(46)34(45)30(22-41)49-37/h11,14,21,28-31,33-37,41,45-47H,12-13,15-20,22H2,1-10H3/b23-11+,24-21+/t28-,29+,30+,31+,33+,34-,35-,36+,37-,40+/m0/s1. The summed E-state index contributed by atoms with van der Waals surface area (Å²) in [7, 11) is 0. The lowest BCUT2D eigenvalue weighted by Gasteiger charge is -2.54. The highest BCUT2D eigenvalue weighted by Crippen LogP contribution is 2.52. The van der Waals surface area contributed by atoms with Gasteiger partial charge in [0.15, 0.2) is 6.29 Å². The summed E-state index contributed by atoms with van der Waals surface area (Å²) in [6.45, 7) is 18.5. The lowest BCUT2D eigenvalue weighted by Crippen LogP contribution is -2.62. The van der Waals surface area contributed by atoms with Crippen molar-refractivity contribution in [2.75, 3.05) is 6.61 Å². The first kappa shape index (κ1) is 43.0. The van der Waals surface area contributed by atoms with E-state index in [1.807, 2.05) is 60.6 Å². The molecule has 0 spiro atoms. The van der Waals surface area contributed by atoms with E-state index in [2.05, 4.69) is 13.0 Å². The van der Waals surface area contributed by atoms with Gasteiger partial charge in [-0.15, -0.1) is 0 Å². The summed E-state index contributed by atoms with van der Waals surface area (Å²) >= 11 is 0. The van der Waals surface area contributed by atoms with Gasteiger partial charge in [-0.1, -0.05) is 56.6 Å². The van der Waals surface area contributed by atoms with Crippen LogP contribution in [0, 0.1) is 22.7 Å². The third-order valence-corrected chi connectivity index (χ3v) is 11.8. The molecule has 1 saturated carbocycles. The first-order valence-corrected chi connectivity index (χ1v) is 18.5. The summed E-state index contributed by atoms with van der Waals surface area (Å²) < 4.78 is 23.6. The number of aliphatic hydroxyl groups excluding tert-OH is 4. The molecular weight excluding hydrogens is 656 g/mol. The largest absolute Gasteiger partial charge is 0.459 e. The van der Waals surface area contributed by atoms with Gasteiger partial charge in [-0.25, -0.2) is 0 Å². The smallest absolute Gasteiger partial charge is 0.303 e. The third kappa shape index (κ3) is 10.6. The van der Waals surface area contributed by atoms with Crippen LogP contribution in [-0.2, 0) is 33.3 Å². The molecule has 1 heterocycles. The highest BCUT2D eigenvalue weighted by molar-refractivity contribution is 5.87. The van der Waals surface area contributed by atoms with Gasteiger partial charge in [0, 0.05) is 38.0 Å². The molecule has 0 aromatic heterocycles. The molecule has 1 aliphatic heterocycles. The van der Waals surface area contributed by atoms with Gasteiger partial charge in [-0.3, -0.25) is 14.4 Å². The maximum absolute atomic E-state index is 12.6. The molecule has 0 radical (unpaired) electrons. The van der Waals surface area contributed by atoms with Crippen LogP contribution in [0.2, 0.25) is 0 Å². The number of rotatable bonds is 14. The van der Waals surface area contributed by atoms with Crippen LogP contribution in [0.15, 0.2) is 34.9 Å². The van der Waals surface area contributed by atoms with Crippen molar-refractivity contribution < 1.29 is 53.8 Å². The van der Waals surface area contributed by atoms with E-state index in [1.54, 1.807) is 0 Å². The van der Waals surface area contributed by atoms with Crippen molar-refractivity contribution in [3.05, 3.63) is 34.9 Å². The highest BCUT2D eigenvalue weighted by atomic mass is 16.7. The van der Waals surface area contributed by atoms with E-state index >= 15 is 0 Å². The molecule has 0 amide bonds. The second-order valence-corrected chi connectivity index (χ2v) is 16.5. The van der Waals surface area contributed by atoms with Crippen LogP contribution in [0.25, 0.3) is 0 Å². The number of ether oxygens (including phenoxy) is 4. The quantitative estimate of drug-likeness (QED) is 0.136. The summed E-state index contributed by atoms with van der Waals surface area (Å²) in [6, 6.07) is 0. The van der Waals surface area contributed by atoms with Crippen molar-refractivity contribution in [1.29, 1.82) is 0 Å². The van der Waals surface area contributed by atoms with Gasteiger partial charge in [0.05, 0.1) is 12.7 Å². The van der Waals surface area contributed by atoms with E-state index in [4.69, 9.17) is 18.9 Å². The molecule has 3 rings (SSSR count). The number of carbonyl (C=O) groups excluding carboxylic acids is 3. The van der Waals surface area contributed by atoms with Crippen molar-refractivity contribution in [1.82, 2.24) is 0 Å². The fourth-order valence-electron chi connectivity index (χ4n) is 8.63. The van der Waals surface area contributed by atoms with Crippen LogP contribution in [-0.4, -0.2) is 93.3 Å². The molecule has 2 fully saturated rings. The number of allylic oxidation sites excluding steroid dienone is 4. The average molecular weight is 721 g/mol. The first-order valence-electron chi connectivity index (χ1n) is 18.5. The SMILES string of the molecule is CC(=O)O[C@H](/C=C(\C)CC[C@@H]1C(C)=CCC(=O)C1(C)C)C/C=C(\C)CC[C@@H]1C(C)(C)[C@H](O[C@@H]2O[C@H](CO)[C@H](O)[C@H](O)[C@H]2O)CC[C@@]1(C)OC(C)=O. The summed E-state index contributed by atoms with van der Waals surface area (Å²) in [5.74, 6) is -0.490. The molecule has 1 saturated heterocycles. The topological polar surface area (TPSA) is 169 Å². The highest BCUT2D eigenvalue weighted by Gasteiger charge is 2.55. The van der Waals surface area contributed by atoms with Crippen molar-refractivity contribution in [3.63, 3.8) is 0 Å².